The van der Waals surface area contributed by atoms with Gasteiger partial charge in [-0.1, -0.05) is 23.7 Å². The van der Waals surface area contributed by atoms with Crippen LogP contribution < -0.4 is 0 Å². The highest BCUT2D eigenvalue weighted by Crippen LogP contribution is 2.16. The van der Waals surface area contributed by atoms with E-state index in [-0.39, 0.29) is 5.78 Å². The van der Waals surface area contributed by atoms with Gasteiger partial charge in [-0.2, -0.15) is 5.10 Å². The zero-order valence-corrected chi connectivity index (χ0v) is 13.4. The molecular weight excluding hydrogens is 310 g/mol. The van der Waals surface area contributed by atoms with Crippen LogP contribution in [0.5, 0.6) is 0 Å². The summed E-state index contributed by atoms with van der Waals surface area (Å²) in [5.41, 5.74) is 2.17. The van der Waals surface area contributed by atoms with E-state index in [9.17, 15) is 4.79 Å². The summed E-state index contributed by atoms with van der Waals surface area (Å²) in [6.45, 7) is 2.72. The Balaban J connectivity index is 1.82. The average Bonchev–Trinajstić information content (AvgIpc) is 3.22. The molecule has 0 saturated carbocycles. The number of allylic oxidation sites excluding steroid dienone is 1. The average molecular weight is 326 g/mol. The molecule has 0 saturated heterocycles. The van der Waals surface area contributed by atoms with E-state index >= 15 is 0 Å². The maximum atomic E-state index is 12.4. The molecule has 2 heterocycles. The van der Waals surface area contributed by atoms with Crippen LogP contribution in [-0.4, -0.2) is 20.1 Å². The number of nitrogens with zero attached hydrogens (tertiary/aromatic N) is 3. The van der Waals surface area contributed by atoms with Gasteiger partial charge in [-0.05, 0) is 43.3 Å². The molecule has 3 aromatic rings. The molecule has 2 aromatic heterocycles. The van der Waals surface area contributed by atoms with Crippen molar-refractivity contribution >= 4 is 23.5 Å². The Labute approximate surface area is 139 Å². The van der Waals surface area contributed by atoms with Crippen molar-refractivity contribution in [2.75, 3.05) is 0 Å². The minimum absolute atomic E-state index is 0.0823. The molecule has 4 nitrogen and oxygen atoms in total. The predicted octanol–water partition coefficient (Wildman–Crippen LogP) is 4.24. The number of carbonyl (C=O) groups is 1. The van der Waals surface area contributed by atoms with Gasteiger partial charge in [-0.15, -0.1) is 0 Å². The zero-order valence-electron chi connectivity index (χ0n) is 12.7. The second-order valence-electron chi connectivity index (χ2n) is 5.06. The fourth-order valence-corrected chi connectivity index (χ4v) is 2.48. The largest absolute Gasteiger partial charge is 0.324 e. The maximum Gasteiger partial charge on any atom is 0.185 e. The third-order valence-corrected chi connectivity index (χ3v) is 3.78. The Bertz CT molecular complexity index is 847. The third-order valence-electron chi connectivity index (χ3n) is 3.49. The molecule has 0 aliphatic rings. The van der Waals surface area contributed by atoms with E-state index in [1.807, 2.05) is 54.2 Å². The number of rotatable bonds is 5. The summed E-state index contributed by atoms with van der Waals surface area (Å²) in [7, 11) is 0. The molecule has 3 rings (SSSR count). The lowest BCUT2D eigenvalue weighted by molar-refractivity contribution is 0.104. The van der Waals surface area contributed by atoms with Crippen LogP contribution in [0.2, 0.25) is 5.02 Å². The van der Waals surface area contributed by atoms with Crippen LogP contribution in [-0.2, 0) is 6.54 Å². The van der Waals surface area contributed by atoms with Crippen LogP contribution in [0.15, 0.2) is 61.1 Å². The first-order valence-corrected chi connectivity index (χ1v) is 7.74. The highest BCUT2D eigenvalue weighted by Gasteiger charge is 2.06. The van der Waals surface area contributed by atoms with Gasteiger partial charge in [-0.3, -0.25) is 9.48 Å². The molecule has 0 aliphatic carbocycles. The molecule has 0 spiro atoms. The summed E-state index contributed by atoms with van der Waals surface area (Å²) in [5.74, 6) is -0.0823. The molecule has 0 fully saturated rings. The van der Waals surface area contributed by atoms with Crippen molar-refractivity contribution in [2.45, 2.75) is 13.5 Å². The Morgan fingerprint density at radius 2 is 2.04 bits per heavy atom. The summed E-state index contributed by atoms with van der Waals surface area (Å²) >= 11 is 6.10. The minimum Gasteiger partial charge on any atom is -0.324 e. The van der Waals surface area contributed by atoms with Crippen molar-refractivity contribution < 1.29 is 4.79 Å². The van der Waals surface area contributed by atoms with Crippen LogP contribution in [0, 0.1) is 0 Å². The van der Waals surface area contributed by atoms with Gasteiger partial charge >= 0.3 is 0 Å². The number of aromatic nitrogens is 3. The van der Waals surface area contributed by atoms with Gasteiger partial charge in [0.15, 0.2) is 5.78 Å². The number of benzene rings is 1. The van der Waals surface area contributed by atoms with E-state index in [1.54, 1.807) is 23.0 Å². The topological polar surface area (TPSA) is 39.8 Å². The molecule has 0 radical (unpaired) electrons. The molecule has 0 bridgehead atoms. The lowest BCUT2D eigenvalue weighted by atomic mass is 10.1. The number of ketones is 1. The maximum absolute atomic E-state index is 12.4. The smallest absolute Gasteiger partial charge is 0.185 e. The quantitative estimate of drug-likeness (QED) is 0.520. The number of halogens is 1. The summed E-state index contributed by atoms with van der Waals surface area (Å²) in [6.07, 6.45) is 8.79. The van der Waals surface area contributed by atoms with E-state index in [1.165, 1.54) is 6.08 Å². The molecule has 0 amide bonds. The standard InChI is InChI=1S/C18H16ClN3O/c1-2-22-13-16(19)17(20-22)8-9-18(23)14-6-5-7-15(12-14)21-10-3-4-11-21/h3-13H,2H2,1H3/b9-8+. The van der Waals surface area contributed by atoms with Gasteiger partial charge in [0.25, 0.3) is 0 Å². The Morgan fingerprint density at radius 3 is 2.74 bits per heavy atom. The van der Waals surface area contributed by atoms with E-state index in [2.05, 4.69) is 5.10 Å². The summed E-state index contributed by atoms with van der Waals surface area (Å²) in [4.78, 5) is 12.4. The number of carbonyl (C=O) groups excluding carboxylic acids is 1. The lowest BCUT2D eigenvalue weighted by Crippen LogP contribution is -1.97. The Kier molecular flexibility index (Phi) is 4.44. The monoisotopic (exact) mass is 325 g/mol. The van der Waals surface area contributed by atoms with Crippen LogP contribution in [0.25, 0.3) is 11.8 Å². The third kappa shape index (κ3) is 3.43. The van der Waals surface area contributed by atoms with Gasteiger partial charge in [0.05, 0.1) is 5.02 Å². The molecule has 0 aliphatic heterocycles. The predicted molar refractivity (Wildman–Crippen MR) is 92.0 cm³/mol. The highest BCUT2D eigenvalue weighted by atomic mass is 35.5. The molecule has 0 N–H and O–H groups in total. The molecule has 116 valence electrons. The van der Waals surface area contributed by atoms with Gasteiger partial charge in [0.1, 0.15) is 5.69 Å². The fraction of sp³-hybridized carbons (Fsp3) is 0.111. The highest BCUT2D eigenvalue weighted by molar-refractivity contribution is 6.31. The summed E-state index contributed by atoms with van der Waals surface area (Å²) in [6, 6.07) is 11.4. The van der Waals surface area contributed by atoms with Gasteiger partial charge in [0.2, 0.25) is 0 Å². The van der Waals surface area contributed by atoms with E-state index in [0.717, 1.165) is 12.2 Å². The van der Waals surface area contributed by atoms with Crippen molar-refractivity contribution in [3.8, 4) is 5.69 Å². The van der Waals surface area contributed by atoms with E-state index in [0.29, 0.717) is 16.3 Å². The first-order valence-electron chi connectivity index (χ1n) is 7.36. The van der Waals surface area contributed by atoms with Gasteiger partial charge in [0, 0.05) is 36.4 Å². The first kappa shape index (κ1) is 15.3. The summed E-state index contributed by atoms with van der Waals surface area (Å²) < 4.78 is 3.69. The van der Waals surface area contributed by atoms with Crippen molar-refractivity contribution in [3.05, 3.63) is 77.3 Å². The Hall–Kier alpha value is -2.59. The second-order valence-corrected chi connectivity index (χ2v) is 5.46. The van der Waals surface area contributed by atoms with Crippen LogP contribution in [0.1, 0.15) is 23.0 Å². The molecule has 23 heavy (non-hydrogen) atoms. The molecule has 5 heteroatoms. The van der Waals surface area contributed by atoms with Gasteiger partial charge < -0.3 is 4.57 Å². The molecule has 0 unspecified atom stereocenters. The van der Waals surface area contributed by atoms with Gasteiger partial charge in [-0.25, -0.2) is 0 Å². The molecule has 1 aromatic carbocycles. The van der Waals surface area contributed by atoms with Crippen LogP contribution in [0.3, 0.4) is 0 Å². The van der Waals surface area contributed by atoms with Crippen molar-refractivity contribution in [1.29, 1.82) is 0 Å². The SMILES string of the molecule is CCn1cc(Cl)c(/C=C/C(=O)c2cccc(-n3cccc3)c2)n1. The Morgan fingerprint density at radius 1 is 1.26 bits per heavy atom. The second kappa shape index (κ2) is 6.67. The van der Waals surface area contributed by atoms with E-state index < -0.39 is 0 Å². The minimum atomic E-state index is -0.0823. The van der Waals surface area contributed by atoms with E-state index in [4.69, 9.17) is 11.6 Å². The number of hydrogen-bond donors (Lipinski definition) is 0. The van der Waals surface area contributed by atoms with Crippen molar-refractivity contribution in [2.24, 2.45) is 0 Å². The number of aryl methyl sites for hydroxylation is 1. The normalized spacial score (nSPS) is 11.2. The zero-order chi connectivity index (χ0) is 16.2. The van der Waals surface area contributed by atoms with Crippen molar-refractivity contribution in [3.63, 3.8) is 0 Å². The fourth-order valence-electron chi connectivity index (χ4n) is 2.26. The van der Waals surface area contributed by atoms with Crippen molar-refractivity contribution in [1.82, 2.24) is 14.3 Å². The lowest BCUT2D eigenvalue weighted by Gasteiger charge is -2.04. The number of hydrogen-bond acceptors (Lipinski definition) is 2. The van der Waals surface area contributed by atoms with Crippen LogP contribution >= 0.6 is 11.6 Å². The summed E-state index contributed by atoms with van der Waals surface area (Å²) in [5, 5.41) is 4.83. The first-order chi connectivity index (χ1) is 11.2. The van der Waals surface area contributed by atoms with Crippen LogP contribution in [0.4, 0.5) is 0 Å². The molecular formula is C18H16ClN3O. The molecule has 0 atom stereocenters.